The summed E-state index contributed by atoms with van der Waals surface area (Å²) >= 11 is 0. The van der Waals surface area contributed by atoms with Crippen LogP contribution in [0.4, 0.5) is 11.4 Å². The number of carbonyl (C=O) groups is 1. The van der Waals surface area contributed by atoms with Crippen LogP contribution in [0, 0.1) is 0 Å². The van der Waals surface area contributed by atoms with Crippen LogP contribution < -0.4 is 4.90 Å². The average Bonchev–Trinajstić information content (AvgIpc) is 3.04. The van der Waals surface area contributed by atoms with Crippen molar-refractivity contribution in [3.63, 3.8) is 0 Å². The zero-order valence-electron chi connectivity index (χ0n) is 11.0. The van der Waals surface area contributed by atoms with Crippen molar-refractivity contribution in [3.8, 4) is 0 Å². The van der Waals surface area contributed by atoms with Gasteiger partial charge in [-0.3, -0.25) is 9.69 Å². The van der Waals surface area contributed by atoms with Crippen molar-refractivity contribution in [2.24, 2.45) is 10.2 Å². The maximum atomic E-state index is 12.7. The van der Waals surface area contributed by atoms with Crippen molar-refractivity contribution >= 4 is 17.3 Å². The SMILES string of the molecule is O=C(C1CCN=N1)N(c1ccccc1)c1ccccc1. The number of carbonyl (C=O) groups excluding carboxylic acids is 1. The number of rotatable bonds is 3. The molecule has 1 heterocycles. The van der Waals surface area contributed by atoms with Crippen LogP contribution in [0.15, 0.2) is 70.9 Å². The van der Waals surface area contributed by atoms with Gasteiger partial charge in [0.25, 0.3) is 5.91 Å². The summed E-state index contributed by atoms with van der Waals surface area (Å²) in [6, 6.07) is 18.9. The van der Waals surface area contributed by atoms with E-state index in [1.807, 2.05) is 60.7 Å². The van der Waals surface area contributed by atoms with E-state index in [1.54, 1.807) is 4.90 Å². The minimum atomic E-state index is -0.365. The third-order valence-corrected chi connectivity index (χ3v) is 3.26. The van der Waals surface area contributed by atoms with Crippen LogP contribution >= 0.6 is 0 Å². The first kappa shape index (κ1) is 12.5. The van der Waals surface area contributed by atoms with Crippen LogP contribution in [0.3, 0.4) is 0 Å². The third kappa shape index (κ3) is 2.45. The van der Waals surface area contributed by atoms with E-state index in [9.17, 15) is 4.79 Å². The van der Waals surface area contributed by atoms with E-state index in [4.69, 9.17) is 0 Å². The van der Waals surface area contributed by atoms with E-state index in [2.05, 4.69) is 10.2 Å². The Morgan fingerprint density at radius 3 is 1.95 bits per heavy atom. The summed E-state index contributed by atoms with van der Waals surface area (Å²) in [5, 5.41) is 7.97. The Balaban J connectivity index is 2.00. The van der Waals surface area contributed by atoms with E-state index >= 15 is 0 Å². The molecule has 0 aromatic heterocycles. The summed E-state index contributed by atoms with van der Waals surface area (Å²) in [7, 11) is 0. The van der Waals surface area contributed by atoms with Crippen LogP contribution in [-0.2, 0) is 4.79 Å². The van der Waals surface area contributed by atoms with E-state index in [1.165, 1.54) is 0 Å². The zero-order valence-corrected chi connectivity index (χ0v) is 11.0. The maximum Gasteiger partial charge on any atom is 0.258 e. The third-order valence-electron chi connectivity index (χ3n) is 3.26. The average molecular weight is 265 g/mol. The summed E-state index contributed by atoms with van der Waals surface area (Å²) in [4.78, 5) is 14.4. The largest absolute Gasteiger partial charge is 0.279 e. The molecule has 20 heavy (non-hydrogen) atoms. The van der Waals surface area contributed by atoms with E-state index < -0.39 is 0 Å². The first-order valence-electron chi connectivity index (χ1n) is 6.67. The van der Waals surface area contributed by atoms with Gasteiger partial charge < -0.3 is 0 Å². The number of hydrogen-bond donors (Lipinski definition) is 0. The molecule has 0 spiro atoms. The quantitative estimate of drug-likeness (QED) is 0.836. The fourth-order valence-electron chi connectivity index (χ4n) is 2.27. The molecule has 0 radical (unpaired) electrons. The number of nitrogens with zero attached hydrogens (tertiary/aromatic N) is 3. The lowest BCUT2D eigenvalue weighted by molar-refractivity contribution is -0.119. The van der Waals surface area contributed by atoms with Gasteiger partial charge in [0.2, 0.25) is 0 Å². The predicted octanol–water partition coefficient (Wildman–Crippen LogP) is 3.58. The summed E-state index contributed by atoms with van der Waals surface area (Å²) in [6.07, 6.45) is 0.689. The highest BCUT2D eigenvalue weighted by Crippen LogP contribution is 2.27. The van der Waals surface area contributed by atoms with Gasteiger partial charge in [-0.25, -0.2) is 0 Å². The molecule has 2 aromatic rings. The number of anilines is 2. The molecule has 2 aromatic carbocycles. The molecule has 0 aliphatic carbocycles. The number of amides is 1. The molecule has 1 atom stereocenters. The van der Waals surface area contributed by atoms with Gasteiger partial charge in [-0.15, -0.1) is 0 Å². The Bertz CT molecular complexity index is 571. The number of hydrogen-bond acceptors (Lipinski definition) is 3. The van der Waals surface area contributed by atoms with Gasteiger partial charge in [0.1, 0.15) is 0 Å². The van der Waals surface area contributed by atoms with Crippen molar-refractivity contribution in [2.75, 3.05) is 11.4 Å². The van der Waals surface area contributed by atoms with Crippen molar-refractivity contribution in [2.45, 2.75) is 12.5 Å². The van der Waals surface area contributed by atoms with E-state index in [-0.39, 0.29) is 11.9 Å². The lowest BCUT2D eigenvalue weighted by atomic mass is 10.1. The minimum absolute atomic E-state index is 0.0244. The van der Waals surface area contributed by atoms with Gasteiger partial charge in [-0.1, -0.05) is 36.4 Å². The summed E-state index contributed by atoms with van der Waals surface area (Å²) < 4.78 is 0. The fraction of sp³-hybridized carbons (Fsp3) is 0.188. The van der Waals surface area contributed by atoms with Crippen LogP contribution in [0.2, 0.25) is 0 Å². The molecule has 0 saturated heterocycles. The second-order valence-electron chi connectivity index (χ2n) is 4.63. The van der Waals surface area contributed by atoms with Crippen molar-refractivity contribution in [1.29, 1.82) is 0 Å². The zero-order chi connectivity index (χ0) is 13.8. The standard InChI is InChI=1S/C16H15N3O/c20-16(15-11-12-17-18-15)19(13-7-3-1-4-8-13)14-9-5-2-6-10-14/h1-10,15H,11-12H2. The van der Waals surface area contributed by atoms with Crippen LogP contribution in [0.5, 0.6) is 0 Å². The highest BCUT2D eigenvalue weighted by molar-refractivity contribution is 6.03. The first-order chi connectivity index (χ1) is 9.86. The Morgan fingerprint density at radius 1 is 0.950 bits per heavy atom. The lowest BCUT2D eigenvalue weighted by Crippen LogP contribution is -2.34. The number of para-hydroxylation sites is 2. The van der Waals surface area contributed by atoms with Crippen molar-refractivity contribution in [3.05, 3.63) is 60.7 Å². The Labute approximate surface area is 117 Å². The van der Waals surface area contributed by atoms with Gasteiger partial charge >= 0.3 is 0 Å². The smallest absolute Gasteiger partial charge is 0.258 e. The molecule has 0 bridgehead atoms. The van der Waals surface area contributed by atoms with Gasteiger partial charge in [-0.2, -0.15) is 10.2 Å². The second-order valence-corrected chi connectivity index (χ2v) is 4.63. The molecule has 1 aliphatic rings. The molecule has 100 valence electrons. The van der Waals surface area contributed by atoms with Crippen LogP contribution in [0.1, 0.15) is 6.42 Å². The Hall–Kier alpha value is -2.49. The highest BCUT2D eigenvalue weighted by atomic mass is 16.2. The molecule has 0 fully saturated rings. The maximum absolute atomic E-state index is 12.7. The molecule has 0 N–H and O–H groups in total. The highest BCUT2D eigenvalue weighted by Gasteiger charge is 2.28. The van der Waals surface area contributed by atoms with E-state index in [0.717, 1.165) is 11.4 Å². The molecule has 1 aliphatic heterocycles. The predicted molar refractivity (Wildman–Crippen MR) is 78.2 cm³/mol. The van der Waals surface area contributed by atoms with Gasteiger partial charge in [-0.05, 0) is 24.3 Å². The van der Waals surface area contributed by atoms with Gasteiger partial charge in [0, 0.05) is 17.8 Å². The Kier molecular flexibility index (Phi) is 3.54. The normalized spacial score (nSPS) is 17.1. The second kappa shape index (κ2) is 5.65. The van der Waals surface area contributed by atoms with Crippen molar-refractivity contribution in [1.82, 2.24) is 0 Å². The molecule has 4 heteroatoms. The molecule has 0 saturated carbocycles. The number of benzene rings is 2. The Morgan fingerprint density at radius 2 is 1.50 bits per heavy atom. The van der Waals surface area contributed by atoms with Crippen molar-refractivity contribution < 1.29 is 4.79 Å². The first-order valence-corrected chi connectivity index (χ1v) is 6.67. The molecular weight excluding hydrogens is 250 g/mol. The fourth-order valence-corrected chi connectivity index (χ4v) is 2.27. The molecular formula is C16H15N3O. The topological polar surface area (TPSA) is 45.0 Å². The van der Waals surface area contributed by atoms with Gasteiger partial charge in [0.15, 0.2) is 6.04 Å². The number of azo groups is 1. The lowest BCUT2D eigenvalue weighted by Gasteiger charge is -2.24. The monoisotopic (exact) mass is 265 g/mol. The summed E-state index contributed by atoms with van der Waals surface area (Å²) in [6.45, 7) is 0.633. The molecule has 1 unspecified atom stereocenters. The molecule has 1 amide bonds. The van der Waals surface area contributed by atoms with Gasteiger partial charge in [0.05, 0.1) is 6.54 Å². The van der Waals surface area contributed by atoms with E-state index in [0.29, 0.717) is 13.0 Å². The summed E-state index contributed by atoms with van der Waals surface area (Å²) in [5.74, 6) is -0.0244. The minimum Gasteiger partial charge on any atom is -0.279 e. The van der Waals surface area contributed by atoms with Crippen LogP contribution in [-0.4, -0.2) is 18.5 Å². The molecule has 3 rings (SSSR count). The summed E-state index contributed by atoms with van der Waals surface area (Å²) in [5.41, 5.74) is 1.71. The molecule has 4 nitrogen and oxygen atoms in total. The van der Waals surface area contributed by atoms with Crippen LogP contribution in [0.25, 0.3) is 0 Å².